The normalized spacial score (nSPS) is 18.2. The van der Waals surface area contributed by atoms with Crippen molar-refractivity contribution in [3.05, 3.63) is 70.8 Å². The minimum absolute atomic E-state index is 0.0878. The summed E-state index contributed by atoms with van der Waals surface area (Å²) in [5.41, 5.74) is -0.246. The molecular formula is C25H29F3N4O3. The fraction of sp³-hybridized carbons (Fsp3) is 0.400. The first-order chi connectivity index (χ1) is 16.3. The summed E-state index contributed by atoms with van der Waals surface area (Å²) in [5.74, 6) is -1.10. The maximum absolute atomic E-state index is 13.2. The molecule has 1 N–H and O–H groups in total. The first-order valence-corrected chi connectivity index (χ1v) is 11.1. The van der Waals surface area contributed by atoms with Gasteiger partial charge in [-0.2, -0.15) is 13.2 Å². The summed E-state index contributed by atoms with van der Waals surface area (Å²) in [7, 11) is 3.61. The number of carbonyl (C=O) groups is 3. The van der Waals surface area contributed by atoms with Gasteiger partial charge in [0.1, 0.15) is 12.1 Å². The SMILES string of the molecule is Cc1ccc(C2(C)NC(=O)N(CC(=O)N(CCN(C)C)Cc3cccc(C(F)(F)F)c3)C2=O)cc1. The van der Waals surface area contributed by atoms with Crippen molar-refractivity contribution in [2.24, 2.45) is 0 Å². The molecule has 0 aromatic heterocycles. The van der Waals surface area contributed by atoms with Gasteiger partial charge in [-0.3, -0.25) is 14.5 Å². The molecule has 1 heterocycles. The maximum atomic E-state index is 13.2. The summed E-state index contributed by atoms with van der Waals surface area (Å²) in [5, 5.41) is 2.67. The van der Waals surface area contributed by atoms with E-state index in [9.17, 15) is 27.6 Å². The molecule has 10 heteroatoms. The van der Waals surface area contributed by atoms with Gasteiger partial charge in [0.15, 0.2) is 0 Å². The van der Waals surface area contributed by atoms with Crippen molar-refractivity contribution >= 4 is 17.8 Å². The Balaban J connectivity index is 1.80. The van der Waals surface area contributed by atoms with Gasteiger partial charge in [0.25, 0.3) is 5.91 Å². The average molecular weight is 491 g/mol. The van der Waals surface area contributed by atoms with Crippen LogP contribution in [-0.2, 0) is 27.8 Å². The van der Waals surface area contributed by atoms with Gasteiger partial charge in [-0.05, 0) is 51.2 Å². The van der Waals surface area contributed by atoms with Crippen LogP contribution in [0.25, 0.3) is 0 Å². The summed E-state index contributed by atoms with van der Waals surface area (Å²) in [6, 6.07) is 11.2. The molecule has 0 bridgehead atoms. The Kier molecular flexibility index (Phi) is 7.54. The Bertz CT molecular complexity index is 1100. The molecule has 1 fully saturated rings. The number of imide groups is 1. The van der Waals surface area contributed by atoms with E-state index in [2.05, 4.69) is 5.32 Å². The molecule has 0 spiro atoms. The highest BCUT2D eigenvalue weighted by molar-refractivity contribution is 6.09. The Morgan fingerprint density at radius 2 is 1.71 bits per heavy atom. The molecule has 2 aromatic rings. The molecule has 1 aliphatic rings. The Morgan fingerprint density at radius 1 is 1.06 bits per heavy atom. The summed E-state index contributed by atoms with van der Waals surface area (Å²) >= 11 is 0. The standard InChI is InChI=1S/C25H29F3N4O3/c1-17-8-10-19(11-9-17)24(2)22(34)32(23(35)29-24)16-21(33)31(13-12-30(3)4)15-18-6-5-7-20(14-18)25(26,27)28/h5-11,14H,12-13,15-16H2,1-4H3,(H,29,35). The van der Waals surface area contributed by atoms with Gasteiger partial charge in [-0.1, -0.05) is 42.0 Å². The second kappa shape index (κ2) is 10.1. The lowest BCUT2D eigenvalue weighted by atomic mass is 9.91. The number of alkyl halides is 3. The second-order valence-corrected chi connectivity index (χ2v) is 9.13. The van der Waals surface area contributed by atoms with Gasteiger partial charge in [0.05, 0.1) is 5.56 Å². The smallest absolute Gasteiger partial charge is 0.336 e. The number of benzene rings is 2. The van der Waals surface area contributed by atoms with E-state index in [4.69, 9.17) is 0 Å². The molecule has 188 valence electrons. The fourth-order valence-electron chi connectivity index (χ4n) is 3.84. The number of rotatable bonds is 8. The molecule has 0 radical (unpaired) electrons. The van der Waals surface area contributed by atoms with Crippen LogP contribution in [0.4, 0.5) is 18.0 Å². The third kappa shape index (κ3) is 6.00. The first-order valence-electron chi connectivity index (χ1n) is 11.1. The van der Waals surface area contributed by atoms with Crippen LogP contribution >= 0.6 is 0 Å². The van der Waals surface area contributed by atoms with E-state index in [1.54, 1.807) is 33.2 Å². The number of halogens is 3. The number of nitrogens with one attached hydrogen (secondary N) is 1. The van der Waals surface area contributed by atoms with Crippen molar-refractivity contribution in [3.63, 3.8) is 0 Å². The van der Waals surface area contributed by atoms with Gasteiger partial charge >= 0.3 is 12.2 Å². The van der Waals surface area contributed by atoms with Crippen LogP contribution in [0.3, 0.4) is 0 Å². The molecule has 3 rings (SSSR count). The van der Waals surface area contributed by atoms with Crippen molar-refractivity contribution in [2.45, 2.75) is 32.1 Å². The van der Waals surface area contributed by atoms with Gasteiger partial charge < -0.3 is 15.1 Å². The number of nitrogens with zero attached hydrogens (tertiary/aromatic N) is 3. The van der Waals surface area contributed by atoms with E-state index in [0.717, 1.165) is 22.6 Å². The fourth-order valence-corrected chi connectivity index (χ4v) is 3.84. The number of hydrogen-bond donors (Lipinski definition) is 1. The van der Waals surface area contributed by atoms with Crippen LogP contribution in [0, 0.1) is 6.92 Å². The van der Waals surface area contributed by atoms with Gasteiger partial charge in [0, 0.05) is 19.6 Å². The number of amides is 4. The van der Waals surface area contributed by atoms with E-state index in [0.29, 0.717) is 17.7 Å². The largest absolute Gasteiger partial charge is 0.416 e. The van der Waals surface area contributed by atoms with Crippen LogP contribution in [0.1, 0.15) is 29.2 Å². The number of likely N-dealkylation sites (N-methyl/N-ethyl adjacent to an activating group) is 1. The summed E-state index contributed by atoms with van der Waals surface area (Å²) in [6.45, 7) is 3.54. The van der Waals surface area contributed by atoms with Crippen LogP contribution < -0.4 is 5.32 Å². The van der Waals surface area contributed by atoms with Crippen molar-refractivity contribution in [2.75, 3.05) is 33.7 Å². The highest BCUT2D eigenvalue weighted by atomic mass is 19.4. The zero-order valence-corrected chi connectivity index (χ0v) is 20.1. The molecule has 1 aliphatic heterocycles. The first kappa shape index (κ1) is 26.2. The predicted molar refractivity (Wildman–Crippen MR) is 124 cm³/mol. The predicted octanol–water partition coefficient (Wildman–Crippen LogP) is 3.37. The minimum atomic E-state index is -4.50. The molecule has 7 nitrogen and oxygen atoms in total. The number of hydrogen-bond acceptors (Lipinski definition) is 4. The zero-order chi connectivity index (χ0) is 26.0. The van der Waals surface area contributed by atoms with Crippen LogP contribution in [0.5, 0.6) is 0 Å². The molecule has 1 saturated heterocycles. The van der Waals surface area contributed by atoms with Gasteiger partial charge in [0.2, 0.25) is 5.91 Å². The lowest BCUT2D eigenvalue weighted by molar-refractivity contribution is -0.139. The average Bonchev–Trinajstić information content (AvgIpc) is 3.00. The van der Waals surface area contributed by atoms with Crippen molar-refractivity contribution in [1.29, 1.82) is 0 Å². The molecule has 0 saturated carbocycles. The molecule has 0 aliphatic carbocycles. The topological polar surface area (TPSA) is 73.0 Å². The quantitative estimate of drug-likeness (QED) is 0.576. The molecular weight excluding hydrogens is 461 g/mol. The number of aryl methyl sites for hydroxylation is 1. The van der Waals surface area contributed by atoms with E-state index in [1.807, 2.05) is 24.0 Å². The van der Waals surface area contributed by atoms with E-state index in [-0.39, 0.29) is 13.1 Å². The zero-order valence-electron chi connectivity index (χ0n) is 20.1. The lowest BCUT2D eigenvalue weighted by Crippen LogP contribution is -2.45. The summed E-state index contributed by atoms with van der Waals surface area (Å²) in [4.78, 5) is 43.1. The van der Waals surface area contributed by atoms with Crippen molar-refractivity contribution in [1.82, 2.24) is 20.0 Å². The molecule has 2 aromatic carbocycles. The minimum Gasteiger partial charge on any atom is -0.336 e. The Hall–Kier alpha value is -3.40. The third-order valence-electron chi connectivity index (χ3n) is 5.99. The van der Waals surface area contributed by atoms with Crippen LogP contribution in [0.2, 0.25) is 0 Å². The summed E-state index contributed by atoms with van der Waals surface area (Å²) < 4.78 is 39.4. The molecule has 4 amide bonds. The Morgan fingerprint density at radius 3 is 2.31 bits per heavy atom. The van der Waals surface area contributed by atoms with Crippen molar-refractivity contribution < 1.29 is 27.6 Å². The maximum Gasteiger partial charge on any atom is 0.416 e. The third-order valence-corrected chi connectivity index (χ3v) is 5.99. The summed E-state index contributed by atoms with van der Waals surface area (Å²) in [6.07, 6.45) is -4.50. The van der Waals surface area contributed by atoms with Gasteiger partial charge in [-0.25, -0.2) is 4.79 Å². The highest BCUT2D eigenvalue weighted by Crippen LogP contribution is 2.31. The van der Waals surface area contributed by atoms with E-state index in [1.165, 1.54) is 17.0 Å². The molecule has 1 unspecified atom stereocenters. The Labute approximate surface area is 202 Å². The monoisotopic (exact) mass is 490 g/mol. The highest BCUT2D eigenvalue weighted by Gasteiger charge is 2.49. The van der Waals surface area contributed by atoms with Gasteiger partial charge in [-0.15, -0.1) is 0 Å². The number of carbonyl (C=O) groups excluding carboxylic acids is 3. The second-order valence-electron chi connectivity index (χ2n) is 9.13. The lowest BCUT2D eigenvalue weighted by Gasteiger charge is -2.27. The number of urea groups is 1. The van der Waals surface area contributed by atoms with Crippen molar-refractivity contribution in [3.8, 4) is 0 Å². The van der Waals surface area contributed by atoms with E-state index >= 15 is 0 Å². The molecule has 1 atom stereocenters. The van der Waals surface area contributed by atoms with E-state index < -0.39 is 41.7 Å². The van der Waals surface area contributed by atoms with Crippen LogP contribution in [-0.4, -0.2) is 66.3 Å². The van der Waals surface area contributed by atoms with Crippen LogP contribution in [0.15, 0.2) is 48.5 Å². The molecule has 35 heavy (non-hydrogen) atoms.